The molecule has 2 aliphatic rings. The van der Waals surface area contributed by atoms with Gasteiger partial charge >= 0.3 is 0 Å². The number of phenolic OH excluding ortho intramolecular Hbond substituents is 1. The van der Waals surface area contributed by atoms with Gasteiger partial charge in [-0.25, -0.2) is 0 Å². The van der Waals surface area contributed by atoms with Crippen LogP contribution in [0.25, 0.3) is 0 Å². The van der Waals surface area contributed by atoms with Gasteiger partial charge in [0, 0.05) is 24.5 Å². The Kier molecular flexibility index (Phi) is 6.00. The van der Waals surface area contributed by atoms with Gasteiger partial charge in [0.15, 0.2) is 11.5 Å². The summed E-state index contributed by atoms with van der Waals surface area (Å²) in [6.45, 7) is 5.04. The van der Waals surface area contributed by atoms with E-state index in [0.29, 0.717) is 15.9 Å². The Balaban J connectivity index is 1.39. The van der Waals surface area contributed by atoms with Crippen LogP contribution in [-0.2, 0) is 19.5 Å². The zero-order chi connectivity index (χ0) is 22.2. The first-order valence-corrected chi connectivity index (χ1v) is 12.6. The minimum absolute atomic E-state index is 0.0428. The molecule has 166 valence electrons. The number of benzene rings is 2. The van der Waals surface area contributed by atoms with Gasteiger partial charge in [0.05, 0.1) is 15.7 Å². The lowest BCUT2D eigenvalue weighted by atomic mass is 10.00. The maximum atomic E-state index is 13.1. The van der Waals surface area contributed by atoms with Crippen LogP contribution in [0.4, 0.5) is 5.00 Å². The number of phenols is 1. The van der Waals surface area contributed by atoms with Crippen LogP contribution >= 0.6 is 33.9 Å². The lowest BCUT2D eigenvalue weighted by Gasteiger charge is -2.29. The normalized spacial score (nSPS) is 17.8. The second-order valence-corrected chi connectivity index (χ2v) is 10.3. The first-order chi connectivity index (χ1) is 15.5. The number of ether oxygens (including phenoxy) is 1. The van der Waals surface area contributed by atoms with Crippen LogP contribution in [0.3, 0.4) is 0 Å². The Labute approximate surface area is 204 Å². The molecule has 32 heavy (non-hydrogen) atoms. The van der Waals surface area contributed by atoms with Crippen molar-refractivity contribution in [1.29, 1.82) is 0 Å². The summed E-state index contributed by atoms with van der Waals surface area (Å²) in [5.41, 5.74) is 4.12. The molecule has 1 atom stereocenters. The number of amides is 1. The van der Waals surface area contributed by atoms with Crippen LogP contribution < -0.4 is 15.4 Å². The fourth-order valence-corrected chi connectivity index (χ4v) is 6.28. The van der Waals surface area contributed by atoms with E-state index in [1.54, 1.807) is 17.4 Å². The van der Waals surface area contributed by atoms with Gasteiger partial charge in [-0.2, -0.15) is 0 Å². The van der Waals surface area contributed by atoms with E-state index in [1.807, 2.05) is 19.1 Å². The Hall–Kier alpha value is -2.30. The third-order valence-electron chi connectivity index (χ3n) is 5.85. The number of nitrogens with zero attached hydrogens (tertiary/aromatic N) is 1. The molecule has 5 rings (SSSR count). The van der Waals surface area contributed by atoms with Crippen LogP contribution in [0.15, 0.2) is 42.5 Å². The summed E-state index contributed by atoms with van der Waals surface area (Å²) < 4.78 is 6.26. The molecule has 3 N–H and O–H groups in total. The van der Waals surface area contributed by atoms with Crippen LogP contribution in [0, 0.1) is 3.57 Å². The van der Waals surface area contributed by atoms with E-state index in [1.165, 1.54) is 16.0 Å². The number of hydrogen-bond acceptors (Lipinski definition) is 6. The molecule has 2 aliphatic heterocycles. The van der Waals surface area contributed by atoms with Gasteiger partial charge in [-0.3, -0.25) is 9.69 Å². The first kappa shape index (κ1) is 21.5. The van der Waals surface area contributed by atoms with Crippen molar-refractivity contribution in [2.24, 2.45) is 0 Å². The van der Waals surface area contributed by atoms with E-state index in [0.717, 1.165) is 42.2 Å². The van der Waals surface area contributed by atoms with Crippen molar-refractivity contribution in [3.8, 4) is 11.5 Å². The molecule has 1 aromatic heterocycles. The second-order valence-electron chi connectivity index (χ2n) is 7.99. The molecule has 0 bridgehead atoms. The van der Waals surface area contributed by atoms with Crippen molar-refractivity contribution >= 4 is 44.8 Å². The predicted molar refractivity (Wildman–Crippen MR) is 134 cm³/mol. The minimum atomic E-state index is -0.371. The molecule has 1 unspecified atom stereocenters. The number of hydrogen-bond donors (Lipinski definition) is 3. The number of carbonyl (C=O) groups excluding carboxylic acids is 1. The molecule has 0 spiro atoms. The summed E-state index contributed by atoms with van der Waals surface area (Å²) in [4.78, 5) is 16.8. The largest absolute Gasteiger partial charge is 0.504 e. The average Bonchev–Trinajstić information content (AvgIpc) is 3.15. The highest BCUT2D eigenvalue weighted by atomic mass is 127. The van der Waals surface area contributed by atoms with Crippen molar-refractivity contribution in [3.63, 3.8) is 0 Å². The standard InChI is InChI=1S/C24H24IN3O3S/c1-2-31-18-11-15(10-17(25)21(18)29)22-26-23(30)20-16-8-9-28(12-14-6-4-3-5-7-14)13-19(16)32-24(20)27-22/h3-7,10-11,22,27,29H,2,8-9,12-13H2,1H3,(H,26,30). The molecule has 0 radical (unpaired) electrons. The number of thiophene rings is 1. The van der Waals surface area contributed by atoms with E-state index >= 15 is 0 Å². The van der Waals surface area contributed by atoms with E-state index in [9.17, 15) is 9.90 Å². The average molecular weight is 561 g/mol. The Morgan fingerprint density at radius 2 is 2.06 bits per heavy atom. The quantitative estimate of drug-likeness (QED) is 0.388. The van der Waals surface area contributed by atoms with E-state index in [2.05, 4.69) is 62.4 Å². The van der Waals surface area contributed by atoms with Crippen molar-refractivity contribution in [2.45, 2.75) is 32.6 Å². The molecule has 0 saturated heterocycles. The van der Waals surface area contributed by atoms with Gasteiger partial charge in [-0.15, -0.1) is 11.3 Å². The lowest BCUT2D eigenvalue weighted by Crippen LogP contribution is -2.38. The number of aromatic hydroxyl groups is 1. The topological polar surface area (TPSA) is 73.8 Å². The molecule has 3 aromatic rings. The monoisotopic (exact) mass is 561 g/mol. The molecule has 6 nitrogen and oxygen atoms in total. The Morgan fingerprint density at radius 1 is 1.25 bits per heavy atom. The second kappa shape index (κ2) is 8.92. The molecule has 3 heterocycles. The van der Waals surface area contributed by atoms with Crippen LogP contribution in [-0.4, -0.2) is 29.1 Å². The third-order valence-corrected chi connectivity index (χ3v) is 7.82. The van der Waals surface area contributed by atoms with Crippen molar-refractivity contribution in [1.82, 2.24) is 10.2 Å². The van der Waals surface area contributed by atoms with Crippen LogP contribution in [0.5, 0.6) is 11.5 Å². The van der Waals surface area contributed by atoms with Crippen LogP contribution in [0.1, 0.15) is 45.0 Å². The molecule has 2 aromatic carbocycles. The van der Waals surface area contributed by atoms with E-state index in [4.69, 9.17) is 4.74 Å². The van der Waals surface area contributed by atoms with Gasteiger partial charge in [-0.05, 0) is 64.8 Å². The van der Waals surface area contributed by atoms with Crippen molar-refractivity contribution in [2.75, 3.05) is 18.5 Å². The van der Waals surface area contributed by atoms with Gasteiger partial charge < -0.3 is 20.5 Å². The summed E-state index contributed by atoms with van der Waals surface area (Å²) >= 11 is 3.76. The molecule has 0 saturated carbocycles. The molecule has 0 fully saturated rings. The van der Waals surface area contributed by atoms with E-state index in [-0.39, 0.29) is 17.8 Å². The first-order valence-electron chi connectivity index (χ1n) is 10.7. The third kappa shape index (κ3) is 4.06. The predicted octanol–water partition coefficient (Wildman–Crippen LogP) is 4.87. The van der Waals surface area contributed by atoms with Crippen LogP contribution in [0.2, 0.25) is 0 Å². The fraction of sp³-hybridized carbons (Fsp3) is 0.292. The maximum absolute atomic E-state index is 13.1. The molecule has 8 heteroatoms. The minimum Gasteiger partial charge on any atom is -0.504 e. The number of carbonyl (C=O) groups is 1. The number of rotatable bonds is 5. The lowest BCUT2D eigenvalue weighted by molar-refractivity contribution is 0.0934. The highest BCUT2D eigenvalue weighted by molar-refractivity contribution is 14.1. The highest BCUT2D eigenvalue weighted by Gasteiger charge is 2.33. The Bertz CT molecular complexity index is 1170. The molecular formula is C24H24IN3O3S. The number of halogens is 1. The van der Waals surface area contributed by atoms with E-state index < -0.39 is 0 Å². The summed E-state index contributed by atoms with van der Waals surface area (Å²) in [5.74, 6) is 0.515. The number of fused-ring (bicyclic) bond motifs is 3. The number of nitrogens with one attached hydrogen (secondary N) is 2. The van der Waals surface area contributed by atoms with Crippen molar-refractivity contribution < 1.29 is 14.6 Å². The summed E-state index contributed by atoms with van der Waals surface area (Å²) in [6, 6.07) is 14.2. The SMILES string of the molecule is CCOc1cc(C2NC(=O)c3c(sc4c3CCN(Cc3ccccc3)C4)N2)cc(I)c1O. The van der Waals surface area contributed by atoms with Gasteiger partial charge in [-0.1, -0.05) is 30.3 Å². The fourth-order valence-electron chi connectivity index (χ4n) is 4.34. The van der Waals surface area contributed by atoms with Gasteiger partial charge in [0.1, 0.15) is 11.2 Å². The van der Waals surface area contributed by atoms with Gasteiger partial charge in [0.25, 0.3) is 5.91 Å². The number of anilines is 1. The summed E-state index contributed by atoms with van der Waals surface area (Å²) in [6.07, 6.45) is 0.503. The zero-order valence-corrected chi connectivity index (χ0v) is 20.6. The molecule has 1 amide bonds. The smallest absolute Gasteiger partial charge is 0.256 e. The maximum Gasteiger partial charge on any atom is 0.256 e. The molecular weight excluding hydrogens is 537 g/mol. The molecule has 0 aliphatic carbocycles. The zero-order valence-electron chi connectivity index (χ0n) is 17.7. The van der Waals surface area contributed by atoms with Gasteiger partial charge in [0.2, 0.25) is 0 Å². The summed E-state index contributed by atoms with van der Waals surface area (Å²) in [7, 11) is 0. The highest BCUT2D eigenvalue weighted by Crippen LogP contribution is 2.42. The summed E-state index contributed by atoms with van der Waals surface area (Å²) in [5, 5.41) is 17.8. The Morgan fingerprint density at radius 3 is 2.84 bits per heavy atom. The van der Waals surface area contributed by atoms with Crippen molar-refractivity contribution in [3.05, 3.63) is 73.2 Å².